The van der Waals surface area contributed by atoms with Crippen molar-refractivity contribution in [3.05, 3.63) is 59.6 Å². The van der Waals surface area contributed by atoms with E-state index in [1.165, 1.54) is 13.0 Å². The Hall–Kier alpha value is -2.89. The zero-order chi connectivity index (χ0) is 18.9. The fourth-order valence-corrected chi connectivity index (χ4v) is 2.30. The van der Waals surface area contributed by atoms with Gasteiger partial charge in [0.15, 0.2) is 0 Å². The van der Waals surface area contributed by atoms with E-state index in [4.69, 9.17) is 10.5 Å². The summed E-state index contributed by atoms with van der Waals surface area (Å²) in [6.45, 7) is 4.23. The number of benzene rings is 1. The van der Waals surface area contributed by atoms with E-state index in [-0.39, 0.29) is 16.9 Å². The lowest BCUT2D eigenvalue weighted by atomic mass is 10.1. The molecule has 0 bridgehead atoms. The molecule has 138 valence electrons. The van der Waals surface area contributed by atoms with Gasteiger partial charge in [-0.2, -0.15) is 4.39 Å². The molecule has 3 N–H and O–H groups in total. The molecule has 0 aliphatic rings. The highest BCUT2D eigenvalue weighted by Gasteiger charge is 2.14. The number of nitrogen functional groups attached to an aromatic ring is 1. The molecule has 0 unspecified atom stereocenters. The number of rotatable bonds is 8. The van der Waals surface area contributed by atoms with Crippen molar-refractivity contribution in [2.75, 3.05) is 17.7 Å². The van der Waals surface area contributed by atoms with Gasteiger partial charge in [-0.25, -0.2) is 4.98 Å². The maximum Gasteiger partial charge on any atom is 0.259 e. The zero-order valence-electron chi connectivity index (χ0n) is 15.1. The number of unbranched alkanes of at least 4 members (excludes halogenated alkanes) is 1. The highest BCUT2D eigenvalue weighted by molar-refractivity contribution is 6.07. The summed E-state index contributed by atoms with van der Waals surface area (Å²) in [7, 11) is 0. The number of hydrogen-bond donors (Lipinski definition) is 2. The molecule has 0 saturated carbocycles. The summed E-state index contributed by atoms with van der Waals surface area (Å²) in [5.41, 5.74) is 6.61. The number of anilines is 2. The van der Waals surface area contributed by atoms with E-state index in [1.54, 1.807) is 18.2 Å². The average molecular weight is 357 g/mol. The highest BCUT2D eigenvalue weighted by Crippen LogP contribution is 2.20. The van der Waals surface area contributed by atoms with Gasteiger partial charge in [0.25, 0.3) is 5.91 Å². The number of nitrogens with zero attached hydrogens (tertiary/aromatic N) is 1. The van der Waals surface area contributed by atoms with Gasteiger partial charge >= 0.3 is 0 Å². The Morgan fingerprint density at radius 2 is 2.08 bits per heavy atom. The molecule has 6 heteroatoms. The van der Waals surface area contributed by atoms with Gasteiger partial charge in [0.1, 0.15) is 11.6 Å². The molecule has 0 saturated heterocycles. The van der Waals surface area contributed by atoms with Crippen molar-refractivity contribution in [2.24, 2.45) is 0 Å². The lowest BCUT2D eigenvalue weighted by Crippen LogP contribution is -2.16. The summed E-state index contributed by atoms with van der Waals surface area (Å²) >= 11 is 0. The van der Waals surface area contributed by atoms with Crippen LogP contribution in [0.4, 0.5) is 15.9 Å². The van der Waals surface area contributed by atoms with Gasteiger partial charge < -0.3 is 15.8 Å². The maximum absolute atomic E-state index is 13.4. The highest BCUT2D eigenvalue weighted by atomic mass is 19.1. The first kappa shape index (κ1) is 19.4. The number of carbonyl (C=O) groups is 1. The average Bonchev–Trinajstić information content (AvgIpc) is 2.61. The minimum absolute atomic E-state index is 0.135. The standard InChI is InChI=1S/C20H24FN3O2/c1-3-4-5-6-7-11-26-16-10-8-9-15(13-16)23-20(25)17-12-14(2)18(21)24-19(17)22/h5-6,8-10,12-13H,3-4,7,11H2,1-2H3,(H2,22,24)(H,23,25). The van der Waals surface area contributed by atoms with E-state index in [0.29, 0.717) is 18.0 Å². The first-order chi connectivity index (χ1) is 12.5. The number of halogens is 1. The third-order valence-electron chi connectivity index (χ3n) is 3.69. The van der Waals surface area contributed by atoms with Gasteiger partial charge in [0, 0.05) is 17.3 Å². The van der Waals surface area contributed by atoms with Gasteiger partial charge in [-0.05, 0) is 38.0 Å². The molecule has 1 heterocycles. The van der Waals surface area contributed by atoms with Crippen molar-refractivity contribution in [1.82, 2.24) is 4.98 Å². The van der Waals surface area contributed by atoms with Gasteiger partial charge in [-0.1, -0.05) is 31.6 Å². The van der Waals surface area contributed by atoms with E-state index < -0.39 is 11.9 Å². The summed E-state index contributed by atoms with van der Waals surface area (Å²) in [6.07, 6.45) is 7.27. The molecule has 26 heavy (non-hydrogen) atoms. The van der Waals surface area contributed by atoms with E-state index in [1.807, 2.05) is 6.07 Å². The van der Waals surface area contributed by atoms with Crippen molar-refractivity contribution in [3.8, 4) is 5.75 Å². The summed E-state index contributed by atoms with van der Waals surface area (Å²) in [5.74, 6) is -0.606. The SMILES string of the molecule is CCCC=CCCOc1cccc(NC(=O)c2cc(C)c(F)nc2N)c1. The van der Waals surface area contributed by atoms with Crippen molar-refractivity contribution >= 4 is 17.4 Å². The predicted octanol–water partition coefficient (Wildman–Crippen LogP) is 4.49. The van der Waals surface area contributed by atoms with E-state index in [0.717, 1.165) is 19.3 Å². The van der Waals surface area contributed by atoms with Gasteiger partial charge in [0.2, 0.25) is 5.95 Å². The molecular weight excluding hydrogens is 333 g/mol. The van der Waals surface area contributed by atoms with Crippen LogP contribution >= 0.6 is 0 Å². The molecule has 1 aromatic carbocycles. The van der Waals surface area contributed by atoms with Gasteiger partial charge in [0.05, 0.1) is 12.2 Å². The number of aromatic nitrogens is 1. The third-order valence-corrected chi connectivity index (χ3v) is 3.69. The molecule has 1 amide bonds. The molecular formula is C20H24FN3O2. The normalized spacial score (nSPS) is 10.9. The first-order valence-electron chi connectivity index (χ1n) is 8.63. The number of ether oxygens (including phenoxy) is 1. The molecule has 0 spiro atoms. The fraction of sp³-hybridized carbons (Fsp3) is 0.300. The van der Waals surface area contributed by atoms with Gasteiger partial charge in [-0.3, -0.25) is 4.79 Å². The molecule has 0 atom stereocenters. The Kier molecular flexibility index (Phi) is 7.14. The van der Waals surface area contributed by atoms with Crippen LogP contribution in [0.25, 0.3) is 0 Å². The second-order valence-corrected chi connectivity index (χ2v) is 5.91. The van der Waals surface area contributed by atoms with Crippen molar-refractivity contribution < 1.29 is 13.9 Å². The van der Waals surface area contributed by atoms with Crippen LogP contribution in [-0.2, 0) is 0 Å². The van der Waals surface area contributed by atoms with Crippen molar-refractivity contribution in [2.45, 2.75) is 33.1 Å². The van der Waals surface area contributed by atoms with Crippen LogP contribution in [0.15, 0.2) is 42.5 Å². The Morgan fingerprint density at radius 1 is 1.31 bits per heavy atom. The molecule has 0 aliphatic carbocycles. The Bertz CT molecular complexity index is 791. The number of carbonyl (C=O) groups excluding carboxylic acids is 1. The quantitative estimate of drug-likeness (QED) is 0.415. The zero-order valence-corrected chi connectivity index (χ0v) is 15.1. The molecule has 0 radical (unpaired) electrons. The summed E-state index contributed by atoms with van der Waals surface area (Å²) in [5, 5.41) is 2.73. The van der Waals surface area contributed by atoms with Crippen LogP contribution in [0.5, 0.6) is 5.75 Å². The largest absolute Gasteiger partial charge is 0.493 e. The number of amides is 1. The smallest absolute Gasteiger partial charge is 0.259 e. The molecule has 5 nitrogen and oxygen atoms in total. The number of aryl methyl sites for hydroxylation is 1. The minimum Gasteiger partial charge on any atom is -0.493 e. The molecule has 1 aromatic heterocycles. The number of nitrogens with one attached hydrogen (secondary N) is 1. The minimum atomic E-state index is -0.678. The number of nitrogens with two attached hydrogens (primary N) is 1. The third kappa shape index (κ3) is 5.58. The lowest BCUT2D eigenvalue weighted by molar-refractivity contribution is 0.102. The summed E-state index contributed by atoms with van der Waals surface area (Å²) in [6, 6.07) is 8.47. The Labute approximate surface area is 153 Å². The Morgan fingerprint density at radius 3 is 2.85 bits per heavy atom. The van der Waals surface area contributed by atoms with E-state index in [2.05, 4.69) is 29.4 Å². The second kappa shape index (κ2) is 9.56. The van der Waals surface area contributed by atoms with Gasteiger partial charge in [-0.15, -0.1) is 0 Å². The Balaban J connectivity index is 1.97. The molecule has 2 rings (SSSR count). The number of allylic oxidation sites excluding steroid dienone is 1. The maximum atomic E-state index is 13.4. The van der Waals surface area contributed by atoms with Crippen molar-refractivity contribution in [3.63, 3.8) is 0 Å². The molecule has 0 aliphatic heterocycles. The summed E-state index contributed by atoms with van der Waals surface area (Å²) < 4.78 is 19.1. The summed E-state index contributed by atoms with van der Waals surface area (Å²) in [4.78, 5) is 15.9. The predicted molar refractivity (Wildman–Crippen MR) is 102 cm³/mol. The van der Waals surface area contributed by atoms with Crippen LogP contribution in [0.1, 0.15) is 42.1 Å². The monoisotopic (exact) mass is 357 g/mol. The van der Waals surface area contributed by atoms with Crippen LogP contribution < -0.4 is 15.8 Å². The topological polar surface area (TPSA) is 77.2 Å². The number of hydrogen-bond acceptors (Lipinski definition) is 4. The first-order valence-corrected chi connectivity index (χ1v) is 8.63. The number of pyridine rings is 1. The van der Waals surface area contributed by atoms with Crippen LogP contribution in [0, 0.1) is 12.9 Å². The van der Waals surface area contributed by atoms with Crippen LogP contribution in [0.2, 0.25) is 0 Å². The van der Waals surface area contributed by atoms with E-state index in [9.17, 15) is 9.18 Å². The molecule has 2 aromatic rings. The van der Waals surface area contributed by atoms with E-state index >= 15 is 0 Å². The lowest BCUT2D eigenvalue weighted by Gasteiger charge is -2.10. The van der Waals surface area contributed by atoms with Crippen LogP contribution in [0.3, 0.4) is 0 Å². The second-order valence-electron chi connectivity index (χ2n) is 5.91. The fourth-order valence-electron chi connectivity index (χ4n) is 2.30. The van der Waals surface area contributed by atoms with Crippen LogP contribution in [-0.4, -0.2) is 17.5 Å². The molecule has 0 fully saturated rings. The van der Waals surface area contributed by atoms with Crippen molar-refractivity contribution in [1.29, 1.82) is 0 Å².